The standard InChI is InChI=1S/C22H17ClN4O3S2/c23-20-7-6-17(31-20)10-12-32(29,30)26-19-9-11-27(22(19)28)21-8-5-16(14-25-21)18-4-2-1-3-15(18)13-24/h1-8,10,12,14,19,26H,9,11H2/t19-/m0/s1. The first kappa shape index (κ1) is 22.2. The van der Waals surface area contributed by atoms with E-state index < -0.39 is 16.1 Å². The maximum atomic E-state index is 12.8. The predicted molar refractivity (Wildman–Crippen MR) is 126 cm³/mol. The summed E-state index contributed by atoms with van der Waals surface area (Å²) < 4.78 is 27.8. The van der Waals surface area contributed by atoms with Crippen molar-refractivity contribution in [2.45, 2.75) is 12.5 Å². The van der Waals surface area contributed by atoms with Crippen LogP contribution in [-0.2, 0) is 14.8 Å². The lowest BCUT2D eigenvalue weighted by Gasteiger charge is -2.16. The first-order valence-electron chi connectivity index (χ1n) is 9.59. The SMILES string of the molecule is N#Cc1ccccc1-c1ccc(N2CC[C@H](NS(=O)(=O)C=Cc3ccc(Cl)s3)C2=O)nc1. The molecule has 1 aliphatic heterocycles. The Kier molecular flexibility index (Phi) is 6.39. The zero-order chi connectivity index (χ0) is 22.7. The number of hydrogen-bond acceptors (Lipinski definition) is 6. The van der Waals surface area contributed by atoms with E-state index in [9.17, 15) is 18.5 Å². The van der Waals surface area contributed by atoms with Gasteiger partial charge in [-0.2, -0.15) is 9.98 Å². The molecule has 1 aromatic carbocycles. The van der Waals surface area contributed by atoms with E-state index in [1.54, 1.807) is 42.6 Å². The molecule has 2 aromatic heterocycles. The van der Waals surface area contributed by atoms with Crippen LogP contribution in [0.3, 0.4) is 0 Å². The second kappa shape index (κ2) is 9.22. The first-order chi connectivity index (χ1) is 15.4. The van der Waals surface area contributed by atoms with Crippen LogP contribution in [0.4, 0.5) is 5.82 Å². The number of nitrogens with zero attached hydrogens (tertiary/aromatic N) is 3. The number of anilines is 1. The Balaban J connectivity index is 1.45. The fourth-order valence-electron chi connectivity index (χ4n) is 3.37. The molecule has 1 saturated heterocycles. The van der Waals surface area contributed by atoms with E-state index >= 15 is 0 Å². The summed E-state index contributed by atoms with van der Waals surface area (Å²) in [6, 6.07) is 15.4. The van der Waals surface area contributed by atoms with Crippen molar-refractivity contribution >= 4 is 50.8 Å². The van der Waals surface area contributed by atoms with E-state index in [4.69, 9.17) is 11.6 Å². The van der Waals surface area contributed by atoms with Crippen LogP contribution in [0.25, 0.3) is 17.2 Å². The number of nitriles is 1. The number of carbonyl (C=O) groups is 1. The number of pyridine rings is 1. The Morgan fingerprint density at radius 1 is 1.22 bits per heavy atom. The Bertz CT molecular complexity index is 1330. The maximum absolute atomic E-state index is 12.8. The van der Waals surface area contributed by atoms with Gasteiger partial charge in [-0.05, 0) is 42.8 Å². The minimum absolute atomic E-state index is 0.331. The van der Waals surface area contributed by atoms with Crippen LogP contribution in [0.1, 0.15) is 16.9 Å². The molecule has 0 spiro atoms. The third kappa shape index (κ3) is 4.89. The highest BCUT2D eigenvalue weighted by molar-refractivity contribution is 7.92. The number of nitrogens with one attached hydrogen (secondary N) is 1. The molecular formula is C22H17ClN4O3S2. The summed E-state index contributed by atoms with van der Waals surface area (Å²) in [6.45, 7) is 0.345. The normalized spacial score (nSPS) is 16.6. The van der Waals surface area contributed by atoms with E-state index in [1.807, 2.05) is 12.1 Å². The number of thiophene rings is 1. The molecule has 1 fully saturated rings. The van der Waals surface area contributed by atoms with Crippen molar-refractivity contribution in [2.24, 2.45) is 0 Å². The number of rotatable bonds is 6. The monoisotopic (exact) mass is 484 g/mol. The van der Waals surface area contributed by atoms with Crippen LogP contribution >= 0.6 is 22.9 Å². The average Bonchev–Trinajstić information content (AvgIpc) is 3.37. The van der Waals surface area contributed by atoms with Gasteiger partial charge >= 0.3 is 0 Å². The minimum Gasteiger partial charge on any atom is -0.295 e. The number of carbonyl (C=O) groups excluding carboxylic acids is 1. The molecule has 0 unspecified atom stereocenters. The predicted octanol–water partition coefficient (Wildman–Crippen LogP) is 4.03. The molecule has 162 valence electrons. The van der Waals surface area contributed by atoms with E-state index in [1.165, 1.54) is 22.3 Å². The van der Waals surface area contributed by atoms with Gasteiger partial charge in [-0.15, -0.1) is 11.3 Å². The van der Waals surface area contributed by atoms with Gasteiger partial charge in [0.2, 0.25) is 15.9 Å². The Morgan fingerprint density at radius 2 is 2.03 bits per heavy atom. The van der Waals surface area contributed by atoms with Crippen molar-refractivity contribution in [1.82, 2.24) is 9.71 Å². The minimum atomic E-state index is -3.81. The highest BCUT2D eigenvalue weighted by atomic mass is 35.5. The molecule has 0 saturated carbocycles. The van der Waals surface area contributed by atoms with E-state index in [-0.39, 0.29) is 5.91 Å². The van der Waals surface area contributed by atoms with Gasteiger partial charge in [0.05, 0.1) is 16.0 Å². The second-order valence-electron chi connectivity index (χ2n) is 7.00. The van der Waals surface area contributed by atoms with Crippen LogP contribution in [0.5, 0.6) is 0 Å². The smallest absolute Gasteiger partial charge is 0.246 e. The largest absolute Gasteiger partial charge is 0.295 e. The van der Waals surface area contributed by atoms with Crippen LogP contribution in [0, 0.1) is 11.3 Å². The summed E-state index contributed by atoms with van der Waals surface area (Å²) >= 11 is 7.11. The number of benzene rings is 1. The average molecular weight is 485 g/mol. The zero-order valence-electron chi connectivity index (χ0n) is 16.6. The van der Waals surface area contributed by atoms with Gasteiger partial charge < -0.3 is 0 Å². The van der Waals surface area contributed by atoms with Gasteiger partial charge in [0.25, 0.3) is 0 Å². The Labute approximate surface area is 194 Å². The van der Waals surface area contributed by atoms with Crippen molar-refractivity contribution in [3.05, 3.63) is 74.9 Å². The van der Waals surface area contributed by atoms with Crippen molar-refractivity contribution in [3.63, 3.8) is 0 Å². The van der Waals surface area contributed by atoms with Gasteiger partial charge in [-0.3, -0.25) is 9.69 Å². The topological polar surface area (TPSA) is 103 Å². The van der Waals surface area contributed by atoms with E-state index in [0.29, 0.717) is 33.6 Å². The molecule has 0 radical (unpaired) electrons. The third-order valence-electron chi connectivity index (χ3n) is 4.90. The van der Waals surface area contributed by atoms with Crippen molar-refractivity contribution in [1.29, 1.82) is 5.26 Å². The molecule has 1 N–H and O–H groups in total. The lowest BCUT2D eigenvalue weighted by Crippen LogP contribution is -2.40. The summed E-state index contributed by atoms with van der Waals surface area (Å²) in [5.74, 6) is 0.0671. The molecule has 1 amide bonds. The van der Waals surface area contributed by atoms with Crippen LogP contribution in [0.15, 0.2) is 60.1 Å². The molecule has 32 heavy (non-hydrogen) atoms. The van der Waals surface area contributed by atoms with Gasteiger partial charge in [0.1, 0.15) is 11.9 Å². The van der Waals surface area contributed by atoms with Crippen molar-refractivity contribution < 1.29 is 13.2 Å². The number of amides is 1. The first-order valence-corrected chi connectivity index (χ1v) is 12.3. The molecule has 3 aromatic rings. The number of aromatic nitrogens is 1. The molecular weight excluding hydrogens is 468 g/mol. The third-order valence-corrected chi connectivity index (χ3v) is 7.20. The summed E-state index contributed by atoms with van der Waals surface area (Å²) in [6.07, 6.45) is 3.37. The van der Waals surface area contributed by atoms with Gasteiger partial charge in [-0.25, -0.2) is 13.4 Å². The summed E-state index contributed by atoms with van der Waals surface area (Å²) in [5, 5.41) is 10.3. The van der Waals surface area contributed by atoms with Gasteiger partial charge in [0.15, 0.2) is 0 Å². The fraction of sp³-hybridized carbons (Fsp3) is 0.136. The Morgan fingerprint density at radius 3 is 2.72 bits per heavy atom. The lowest BCUT2D eigenvalue weighted by molar-refractivity contribution is -0.118. The molecule has 3 heterocycles. The number of halogens is 1. The maximum Gasteiger partial charge on any atom is 0.246 e. The molecule has 10 heteroatoms. The van der Waals surface area contributed by atoms with E-state index in [2.05, 4.69) is 15.8 Å². The molecule has 7 nitrogen and oxygen atoms in total. The van der Waals surface area contributed by atoms with E-state index in [0.717, 1.165) is 16.5 Å². The van der Waals surface area contributed by atoms with Crippen LogP contribution in [0.2, 0.25) is 4.34 Å². The molecule has 4 rings (SSSR count). The number of hydrogen-bond donors (Lipinski definition) is 1. The number of sulfonamides is 1. The Hall–Kier alpha value is -3.03. The summed E-state index contributed by atoms with van der Waals surface area (Å²) in [7, 11) is -3.81. The fourth-order valence-corrected chi connectivity index (χ4v) is 5.44. The molecule has 0 aliphatic carbocycles. The highest BCUT2D eigenvalue weighted by Crippen LogP contribution is 2.26. The second-order valence-corrected chi connectivity index (χ2v) is 10.3. The van der Waals surface area contributed by atoms with Gasteiger partial charge in [-0.1, -0.05) is 29.8 Å². The highest BCUT2D eigenvalue weighted by Gasteiger charge is 2.35. The van der Waals surface area contributed by atoms with Crippen LogP contribution < -0.4 is 9.62 Å². The molecule has 0 bridgehead atoms. The summed E-state index contributed by atoms with van der Waals surface area (Å²) in [5.41, 5.74) is 2.05. The zero-order valence-corrected chi connectivity index (χ0v) is 19.0. The summed E-state index contributed by atoms with van der Waals surface area (Å²) in [4.78, 5) is 19.3. The quantitative estimate of drug-likeness (QED) is 0.569. The van der Waals surface area contributed by atoms with Crippen molar-refractivity contribution in [3.8, 4) is 17.2 Å². The lowest BCUT2D eigenvalue weighted by atomic mass is 10.0. The molecule has 1 aliphatic rings. The van der Waals surface area contributed by atoms with Gasteiger partial charge in [0, 0.05) is 34.2 Å². The molecule has 1 atom stereocenters. The van der Waals surface area contributed by atoms with Crippen molar-refractivity contribution in [2.75, 3.05) is 11.4 Å². The van der Waals surface area contributed by atoms with Crippen LogP contribution in [-0.4, -0.2) is 31.9 Å².